The molecule has 0 unspecified atom stereocenters. The lowest BCUT2D eigenvalue weighted by atomic mass is 10.2. The minimum absolute atomic E-state index is 0.611. The average Bonchev–Trinajstić information content (AvgIpc) is 2.98. The summed E-state index contributed by atoms with van der Waals surface area (Å²) in [7, 11) is 9.49. The van der Waals surface area contributed by atoms with E-state index < -0.39 is 0 Å². The summed E-state index contributed by atoms with van der Waals surface area (Å²) < 4.78 is 21.6. The molecule has 0 heterocycles. The molecule has 40 heavy (non-hydrogen) atoms. The predicted octanol–water partition coefficient (Wildman–Crippen LogP) is 9.33. The van der Waals surface area contributed by atoms with Crippen molar-refractivity contribution in [1.29, 1.82) is 0 Å². The van der Waals surface area contributed by atoms with E-state index in [4.69, 9.17) is 52.1 Å². The zero-order chi connectivity index (χ0) is 28.5. The van der Waals surface area contributed by atoms with Gasteiger partial charge < -0.3 is 18.9 Å². The number of methoxy groups -OCH3 is 4. The third-order valence-electron chi connectivity index (χ3n) is 5.63. The van der Waals surface area contributed by atoms with Gasteiger partial charge in [-0.1, -0.05) is 44.8 Å². The molecule has 6 nitrogen and oxygen atoms in total. The summed E-state index contributed by atoms with van der Waals surface area (Å²) in [6, 6.07) is 22.3. The Morgan fingerprint density at radius 2 is 0.975 bits per heavy atom. The molecule has 4 rings (SSSR count). The van der Waals surface area contributed by atoms with Crippen LogP contribution in [0.4, 0.5) is 11.4 Å². The molecule has 0 fully saturated rings. The number of ether oxygens (including phenoxy) is 4. The molecule has 0 aromatic heterocycles. The smallest absolute Gasteiger partial charge is 0.131 e. The standard InChI is InChI=1S/C30H26Cl2N2O4S2/c1-35-23-9-5-19(27(15-23)37-3)17-33-25-11-7-21(31)13-29(25)39-40-30-14-22(32)8-12-26(30)34-18-20-6-10-24(36-2)16-28(20)38-4/h5-18H,1-4H3. The number of benzene rings is 4. The van der Waals surface area contributed by atoms with E-state index in [9.17, 15) is 0 Å². The minimum atomic E-state index is 0.611. The molecule has 4 aromatic rings. The van der Waals surface area contributed by atoms with Gasteiger partial charge in [0.15, 0.2) is 0 Å². The Kier molecular flexibility index (Phi) is 10.7. The maximum Gasteiger partial charge on any atom is 0.131 e. The largest absolute Gasteiger partial charge is 0.497 e. The van der Waals surface area contributed by atoms with E-state index in [-0.39, 0.29) is 0 Å². The van der Waals surface area contributed by atoms with Crippen molar-refractivity contribution in [3.8, 4) is 23.0 Å². The van der Waals surface area contributed by atoms with Crippen molar-refractivity contribution in [2.75, 3.05) is 28.4 Å². The second-order valence-electron chi connectivity index (χ2n) is 8.12. The molecule has 0 atom stereocenters. The van der Waals surface area contributed by atoms with Crippen LogP contribution in [0.5, 0.6) is 23.0 Å². The van der Waals surface area contributed by atoms with Gasteiger partial charge >= 0.3 is 0 Å². The second kappa shape index (κ2) is 14.4. The molecule has 206 valence electrons. The molecule has 0 aliphatic heterocycles. The fourth-order valence-corrected chi connectivity index (χ4v) is 6.30. The lowest BCUT2D eigenvalue weighted by Crippen LogP contribution is -1.92. The van der Waals surface area contributed by atoms with Crippen molar-refractivity contribution in [1.82, 2.24) is 0 Å². The Hall–Kier alpha value is -3.30. The van der Waals surface area contributed by atoms with Crippen molar-refractivity contribution in [3.63, 3.8) is 0 Å². The van der Waals surface area contributed by atoms with Crippen LogP contribution in [0.1, 0.15) is 11.1 Å². The summed E-state index contributed by atoms with van der Waals surface area (Å²) in [4.78, 5) is 11.2. The Morgan fingerprint density at radius 1 is 0.550 bits per heavy atom. The molecule has 0 saturated heterocycles. The van der Waals surface area contributed by atoms with Crippen LogP contribution in [-0.4, -0.2) is 40.9 Å². The van der Waals surface area contributed by atoms with Crippen LogP contribution in [0, 0.1) is 0 Å². The van der Waals surface area contributed by atoms with Crippen LogP contribution in [0.15, 0.2) is 92.6 Å². The Balaban J connectivity index is 1.58. The third kappa shape index (κ3) is 7.67. The van der Waals surface area contributed by atoms with Crippen LogP contribution in [0.3, 0.4) is 0 Å². The van der Waals surface area contributed by atoms with Gasteiger partial charge in [-0.3, -0.25) is 9.98 Å². The van der Waals surface area contributed by atoms with E-state index in [1.165, 1.54) is 21.6 Å². The van der Waals surface area contributed by atoms with Crippen molar-refractivity contribution in [2.24, 2.45) is 9.98 Å². The highest BCUT2D eigenvalue weighted by Crippen LogP contribution is 2.46. The van der Waals surface area contributed by atoms with Gasteiger partial charge in [0.25, 0.3) is 0 Å². The molecule has 0 saturated carbocycles. The zero-order valence-corrected chi connectivity index (χ0v) is 25.3. The van der Waals surface area contributed by atoms with Crippen LogP contribution in [-0.2, 0) is 0 Å². The first-order chi connectivity index (χ1) is 19.4. The maximum atomic E-state index is 6.35. The topological polar surface area (TPSA) is 61.6 Å². The first-order valence-corrected chi connectivity index (χ1v) is 14.8. The molecule has 0 aliphatic carbocycles. The number of hydrogen-bond acceptors (Lipinski definition) is 8. The Morgan fingerprint density at radius 3 is 1.35 bits per heavy atom. The average molecular weight is 614 g/mol. The van der Waals surface area contributed by atoms with E-state index >= 15 is 0 Å². The number of halogens is 2. The molecule has 4 aromatic carbocycles. The van der Waals surface area contributed by atoms with Crippen LogP contribution < -0.4 is 18.9 Å². The highest BCUT2D eigenvalue weighted by Gasteiger charge is 2.10. The molecule has 0 radical (unpaired) electrons. The maximum absolute atomic E-state index is 6.35. The molecule has 10 heteroatoms. The monoisotopic (exact) mass is 612 g/mol. The molecular formula is C30H26Cl2N2O4S2. The summed E-state index contributed by atoms with van der Waals surface area (Å²) >= 11 is 12.7. The Bertz CT molecular complexity index is 1430. The predicted molar refractivity (Wildman–Crippen MR) is 168 cm³/mol. The van der Waals surface area contributed by atoms with Gasteiger partial charge in [-0.25, -0.2) is 0 Å². The van der Waals surface area contributed by atoms with Crippen molar-refractivity contribution < 1.29 is 18.9 Å². The van der Waals surface area contributed by atoms with Gasteiger partial charge in [0, 0.05) is 55.5 Å². The van der Waals surface area contributed by atoms with Gasteiger partial charge in [-0.05, 0) is 60.7 Å². The number of hydrogen-bond donors (Lipinski definition) is 0. The number of nitrogens with zero attached hydrogens (tertiary/aromatic N) is 2. The molecule has 0 spiro atoms. The summed E-state index contributed by atoms with van der Waals surface area (Å²) in [5.41, 5.74) is 3.16. The first kappa shape index (κ1) is 29.7. The van der Waals surface area contributed by atoms with Crippen LogP contribution in [0.25, 0.3) is 0 Å². The van der Waals surface area contributed by atoms with Gasteiger partial charge in [0.1, 0.15) is 23.0 Å². The van der Waals surface area contributed by atoms with E-state index in [1.54, 1.807) is 40.9 Å². The van der Waals surface area contributed by atoms with Crippen LogP contribution in [0.2, 0.25) is 10.0 Å². The molecule has 0 N–H and O–H groups in total. The third-order valence-corrected chi connectivity index (χ3v) is 8.53. The summed E-state index contributed by atoms with van der Waals surface area (Å²) in [5, 5.41) is 1.22. The lowest BCUT2D eigenvalue weighted by Gasteiger charge is -2.10. The Labute approximate surface area is 251 Å². The summed E-state index contributed by atoms with van der Waals surface area (Å²) in [6.07, 6.45) is 3.52. The van der Waals surface area contributed by atoms with Crippen molar-refractivity contribution >= 4 is 68.6 Å². The summed E-state index contributed by atoms with van der Waals surface area (Å²) in [5.74, 6) is 2.74. The fourth-order valence-electron chi connectivity index (χ4n) is 3.54. The van der Waals surface area contributed by atoms with E-state index in [2.05, 4.69) is 0 Å². The molecule has 0 aliphatic rings. The first-order valence-electron chi connectivity index (χ1n) is 11.9. The fraction of sp³-hybridized carbons (Fsp3) is 0.133. The van der Waals surface area contributed by atoms with Crippen LogP contribution >= 0.6 is 44.8 Å². The highest BCUT2D eigenvalue weighted by molar-refractivity contribution is 8.76. The second-order valence-corrected chi connectivity index (χ2v) is 11.2. The van der Waals surface area contributed by atoms with Crippen molar-refractivity contribution in [3.05, 3.63) is 94.0 Å². The van der Waals surface area contributed by atoms with Gasteiger partial charge in [0.2, 0.25) is 0 Å². The minimum Gasteiger partial charge on any atom is -0.497 e. The number of rotatable bonds is 11. The van der Waals surface area contributed by atoms with E-state index in [0.29, 0.717) is 33.0 Å². The van der Waals surface area contributed by atoms with E-state index in [0.717, 1.165) is 32.3 Å². The molecule has 0 bridgehead atoms. The zero-order valence-electron chi connectivity index (χ0n) is 22.2. The summed E-state index contributed by atoms with van der Waals surface area (Å²) in [6.45, 7) is 0. The van der Waals surface area contributed by atoms with Gasteiger partial charge in [-0.15, -0.1) is 0 Å². The van der Waals surface area contributed by atoms with Gasteiger partial charge in [0.05, 0.1) is 39.8 Å². The number of aliphatic imine (C=N–C) groups is 2. The molecule has 0 amide bonds. The lowest BCUT2D eigenvalue weighted by molar-refractivity contribution is 0.393. The van der Waals surface area contributed by atoms with Gasteiger partial charge in [-0.2, -0.15) is 0 Å². The quantitative estimate of drug-likeness (QED) is 0.124. The van der Waals surface area contributed by atoms with E-state index in [1.807, 2.05) is 72.8 Å². The normalized spacial score (nSPS) is 11.2. The van der Waals surface area contributed by atoms with Crippen molar-refractivity contribution in [2.45, 2.75) is 9.79 Å². The highest BCUT2D eigenvalue weighted by atomic mass is 35.5. The molecular weight excluding hydrogens is 587 g/mol. The SMILES string of the molecule is COc1ccc(C=Nc2ccc(Cl)cc2SSc2cc(Cl)ccc2N=Cc2ccc(OC)cc2OC)c(OC)c1.